The summed E-state index contributed by atoms with van der Waals surface area (Å²) in [6, 6.07) is 15.6. The van der Waals surface area contributed by atoms with Gasteiger partial charge in [-0.25, -0.2) is 4.68 Å². The topological polar surface area (TPSA) is 38.1 Å². The summed E-state index contributed by atoms with van der Waals surface area (Å²) in [6.45, 7) is 0.742. The van der Waals surface area contributed by atoms with Crippen molar-refractivity contribution in [1.82, 2.24) is 9.78 Å². The number of fused-ring (bicyclic) bond motifs is 1. The number of rotatable bonds is 2. The summed E-state index contributed by atoms with van der Waals surface area (Å²) in [5.74, 6) is 0.0446. The van der Waals surface area contributed by atoms with E-state index in [0.717, 1.165) is 28.8 Å². The largest absolute Gasteiger partial charge is 0.308 e. The predicted molar refractivity (Wildman–Crippen MR) is 93.1 cm³/mol. The summed E-state index contributed by atoms with van der Waals surface area (Å²) in [7, 11) is 0. The minimum absolute atomic E-state index is 0.0446. The van der Waals surface area contributed by atoms with Crippen LogP contribution in [0.5, 0.6) is 0 Å². The van der Waals surface area contributed by atoms with Crippen LogP contribution in [0.2, 0.25) is 0 Å². The first kappa shape index (κ1) is 14.2. The van der Waals surface area contributed by atoms with E-state index < -0.39 is 0 Å². The molecule has 1 aromatic heterocycles. The monoisotopic (exact) mass is 367 g/mol. The first-order valence-corrected chi connectivity index (χ1v) is 8.22. The van der Waals surface area contributed by atoms with Crippen molar-refractivity contribution < 1.29 is 4.79 Å². The molecule has 0 unspecified atom stereocenters. The van der Waals surface area contributed by atoms with E-state index in [0.29, 0.717) is 5.56 Å². The van der Waals surface area contributed by atoms with Crippen LogP contribution in [0.25, 0.3) is 5.69 Å². The maximum absolute atomic E-state index is 12.8. The SMILES string of the molecule is O=C(c1ccc(-n2cc(Br)cn2)cc1)N1CCc2ccccc21. The maximum atomic E-state index is 12.8. The second kappa shape index (κ2) is 5.66. The van der Waals surface area contributed by atoms with Gasteiger partial charge in [-0.2, -0.15) is 5.10 Å². The number of halogens is 1. The van der Waals surface area contributed by atoms with Gasteiger partial charge in [-0.15, -0.1) is 0 Å². The van der Waals surface area contributed by atoms with E-state index in [1.807, 2.05) is 53.6 Å². The minimum atomic E-state index is 0.0446. The molecule has 2 heterocycles. The number of para-hydroxylation sites is 1. The van der Waals surface area contributed by atoms with Crippen LogP contribution in [0.4, 0.5) is 5.69 Å². The third-order valence-electron chi connectivity index (χ3n) is 4.06. The minimum Gasteiger partial charge on any atom is -0.308 e. The number of hydrogen-bond donors (Lipinski definition) is 0. The molecular formula is C18H14BrN3O. The van der Waals surface area contributed by atoms with Crippen LogP contribution in [-0.2, 0) is 6.42 Å². The number of aromatic nitrogens is 2. The molecule has 0 radical (unpaired) electrons. The van der Waals surface area contributed by atoms with Crippen LogP contribution < -0.4 is 4.90 Å². The van der Waals surface area contributed by atoms with Crippen LogP contribution >= 0.6 is 15.9 Å². The molecule has 0 spiro atoms. The Balaban J connectivity index is 1.60. The Morgan fingerprint density at radius 3 is 2.61 bits per heavy atom. The van der Waals surface area contributed by atoms with E-state index in [2.05, 4.69) is 27.1 Å². The second-order valence-electron chi connectivity index (χ2n) is 5.49. The maximum Gasteiger partial charge on any atom is 0.258 e. The molecule has 2 aromatic carbocycles. The number of benzene rings is 2. The van der Waals surface area contributed by atoms with Crippen molar-refractivity contribution in [2.75, 3.05) is 11.4 Å². The lowest BCUT2D eigenvalue weighted by molar-refractivity contribution is 0.0989. The van der Waals surface area contributed by atoms with Crippen molar-refractivity contribution in [3.63, 3.8) is 0 Å². The van der Waals surface area contributed by atoms with E-state index in [9.17, 15) is 4.79 Å². The number of carbonyl (C=O) groups excluding carboxylic acids is 1. The summed E-state index contributed by atoms with van der Waals surface area (Å²) < 4.78 is 2.69. The van der Waals surface area contributed by atoms with E-state index in [-0.39, 0.29) is 5.91 Å². The smallest absolute Gasteiger partial charge is 0.258 e. The lowest BCUT2D eigenvalue weighted by Gasteiger charge is -2.17. The number of amides is 1. The molecule has 0 fully saturated rings. The van der Waals surface area contributed by atoms with E-state index in [1.54, 1.807) is 10.9 Å². The van der Waals surface area contributed by atoms with Gasteiger partial charge in [0.05, 0.1) is 16.4 Å². The Bertz CT molecular complexity index is 870. The molecule has 0 bridgehead atoms. The molecule has 1 aliphatic heterocycles. The zero-order chi connectivity index (χ0) is 15.8. The summed E-state index contributed by atoms with van der Waals surface area (Å²) in [4.78, 5) is 14.6. The van der Waals surface area contributed by atoms with E-state index in [4.69, 9.17) is 0 Å². The highest BCUT2D eigenvalue weighted by atomic mass is 79.9. The number of hydrogen-bond acceptors (Lipinski definition) is 2. The first-order chi connectivity index (χ1) is 11.2. The van der Waals surface area contributed by atoms with Gasteiger partial charge in [0, 0.05) is 24.0 Å². The highest BCUT2D eigenvalue weighted by Gasteiger charge is 2.24. The van der Waals surface area contributed by atoms with Crippen molar-refractivity contribution in [2.45, 2.75) is 6.42 Å². The molecule has 1 aliphatic rings. The summed E-state index contributed by atoms with van der Waals surface area (Å²) in [6.07, 6.45) is 4.54. The van der Waals surface area contributed by atoms with E-state index in [1.165, 1.54) is 5.56 Å². The molecule has 23 heavy (non-hydrogen) atoms. The van der Waals surface area contributed by atoms with Gasteiger partial charge in [0.25, 0.3) is 5.91 Å². The van der Waals surface area contributed by atoms with Crippen molar-refractivity contribution in [3.8, 4) is 5.69 Å². The zero-order valence-electron chi connectivity index (χ0n) is 12.3. The van der Waals surface area contributed by atoms with Crippen molar-refractivity contribution in [1.29, 1.82) is 0 Å². The quantitative estimate of drug-likeness (QED) is 0.690. The molecule has 0 saturated heterocycles. The Morgan fingerprint density at radius 1 is 1.09 bits per heavy atom. The normalized spacial score (nSPS) is 13.2. The van der Waals surface area contributed by atoms with Crippen LogP contribution in [0, 0.1) is 0 Å². The molecule has 0 aliphatic carbocycles. The fraction of sp³-hybridized carbons (Fsp3) is 0.111. The Kier molecular flexibility index (Phi) is 3.50. The average Bonchev–Trinajstić information content (AvgIpc) is 3.21. The zero-order valence-corrected chi connectivity index (χ0v) is 13.9. The molecule has 3 aromatic rings. The van der Waals surface area contributed by atoms with Crippen molar-refractivity contribution >= 4 is 27.5 Å². The van der Waals surface area contributed by atoms with Gasteiger partial charge < -0.3 is 4.90 Å². The molecule has 4 nitrogen and oxygen atoms in total. The molecule has 1 amide bonds. The molecule has 0 atom stereocenters. The van der Waals surface area contributed by atoms with Gasteiger partial charge in [0.1, 0.15) is 0 Å². The fourth-order valence-electron chi connectivity index (χ4n) is 2.90. The molecular weight excluding hydrogens is 354 g/mol. The number of carbonyl (C=O) groups is 1. The van der Waals surface area contributed by atoms with Crippen LogP contribution in [0.1, 0.15) is 15.9 Å². The van der Waals surface area contributed by atoms with Crippen LogP contribution in [0.3, 0.4) is 0 Å². The summed E-state index contributed by atoms with van der Waals surface area (Å²) >= 11 is 3.38. The van der Waals surface area contributed by atoms with E-state index >= 15 is 0 Å². The highest BCUT2D eigenvalue weighted by molar-refractivity contribution is 9.10. The predicted octanol–water partition coefficient (Wildman–Crippen LogP) is 3.84. The molecule has 0 N–H and O–H groups in total. The van der Waals surface area contributed by atoms with Crippen LogP contribution in [0.15, 0.2) is 65.4 Å². The van der Waals surface area contributed by atoms with Gasteiger partial charge in [0.15, 0.2) is 0 Å². The van der Waals surface area contributed by atoms with Gasteiger partial charge in [-0.05, 0) is 58.2 Å². The van der Waals surface area contributed by atoms with Gasteiger partial charge >= 0.3 is 0 Å². The van der Waals surface area contributed by atoms with Crippen LogP contribution in [-0.4, -0.2) is 22.2 Å². The lowest BCUT2D eigenvalue weighted by Crippen LogP contribution is -2.28. The Labute approximate surface area is 142 Å². The first-order valence-electron chi connectivity index (χ1n) is 7.43. The summed E-state index contributed by atoms with van der Waals surface area (Å²) in [5.41, 5.74) is 3.88. The van der Waals surface area contributed by atoms with Gasteiger partial charge in [-0.1, -0.05) is 18.2 Å². The van der Waals surface area contributed by atoms with Gasteiger partial charge in [0.2, 0.25) is 0 Å². The number of nitrogens with zero attached hydrogens (tertiary/aromatic N) is 3. The molecule has 0 saturated carbocycles. The second-order valence-corrected chi connectivity index (χ2v) is 6.40. The Morgan fingerprint density at radius 2 is 1.87 bits per heavy atom. The standard InChI is InChI=1S/C18H14BrN3O/c19-15-11-20-22(12-15)16-7-5-14(6-8-16)18(23)21-10-9-13-3-1-2-4-17(13)21/h1-8,11-12H,9-10H2. The molecule has 114 valence electrons. The molecule has 4 rings (SSSR count). The van der Waals surface area contributed by atoms with Crippen molar-refractivity contribution in [2.24, 2.45) is 0 Å². The third-order valence-corrected chi connectivity index (χ3v) is 4.47. The Hall–Kier alpha value is -2.40. The third kappa shape index (κ3) is 2.57. The van der Waals surface area contributed by atoms with Gasteiger partial charge in [-0.3, -0.25) is 4.79 Å². The van der Waals surface area contributed by atoms with Crippen molar-refractivity contribution in [3.05, 3.63) is 76.5 Å². The number of anilines is 1. The fourth-order valence-corrected chi connectivity index (χ4v) is 3.19. The molecule has 5 heteroatoms. The average molecular weight is 368 g/mol. The summed E-state index contributed by atoms with van der Waals surface area (Å²) in [5, 5.41) is 4.24. The highest BCUT2D eigenvalue weighted by Crippen LogP contribution is 2.29. The lowest BCUT2D eigenvalue weighted by atomic mass is 10.1.